The average molecular weight is 351 g/mol. The summed E-state index contributed by atoms with van der Waals surface area (Å²) < 4.78 is 11.0. The van der Waals surface area contributed by atoms with E-state index in [1.165, 1.54) is 0 Å². The Morgan fingerprint density at radius 3 is 2.62 bits per heavy atom. The molecule has 2 unspecified atom stereocenters. The summed E-state index contributed by atoms with van der Waals surface area (Å²) in [6.45, 7) is 0.151. The molecule has 0 radical (unpaired) electrons. The van der Waals surface area contributed by atoms with Crippen molar-refractivity contribution in [2.45, 2.75) is 50.7 Å². The van der Waals surface area contributed by atoms with Gasteiger partial charge in [0.05, 0.1) is 18.1 Å². The monoisotopic (exact) mass is 350 g/mol. The van der Waals surface area contributed by atoms with Gasteiger partial charge in [-0.15, -0.1) is 0 Å². The highest BCUT2D eigenvalue weighted by molar-refractivity contribution is 6.30. The number of ether oxygens (including phenoxy) is 2. The van der Waals surface area contributed by atoms with Crippen molar-refractivity contribution >= 4 is 17.6 Å². The van der Waals surface area contributed by atoms with Crippen LogP contribution in [0.5, 0.6) is 5.75 Å². The van der Waals surface area contributed by atoms with Gasteiger partial charge in [-0.25, -0.2) is 0 Å². The number of hydrogen-bond donors (Lipinski definition) is 1. The third-order valence-corrected chi connectivity index (χ3v) is 6.30. The molecule has 0 aliphatic heterocycles. The minimum Gasteiger partial charge on any atom is -0.496 e. The molecule has 24 heavy (non-hydrogen) atoms. The molecule has 0 amide bonds. The van der Waals surface area contributed by atoms with Crippen LogP contribution >= 0.6 is 11.6 Å². The van der Waals surface area contributed by atoms with Crippen molar-refractivity contribution in [1.82, 2.24) is 0 Å². The maximum Gasteiger partial charge on any atom is 0.312 e. The summed E-state index contributed by atoms with van der Waals surface area (Å²) >= 11 is 6.03. The van der Waals surface area contributed by atoms with Gasteiger partial charge < -0.3 is 14.6 Å². The molecule has 4 atom stereocenters. The van der Waals surface area contributed by atoms with Crippen molar-refractivity contribution in [2.24, 2.45) is 17.3 Å². The van der Waals surface area contributed by atoms with Crippen molar-refractivity contribution in [3.05, 3.63) is 28.8 Å². The minimum absolute atomic E-state index is 0.151. The molecule has 1 N–H and O–H groups in total. The lowest BCUT2D eigenvalue weighted by Gasteiger charge is -2.58. The lowest BCUT2D eigenvalue weighted by Crippen LogP contribution is -2.58. The largest absolute Gasteiger partial charge is 0.496 e. The van der Waals surface area contributed by atoms with Crippen LogP contribution in [0.3, 0.4) is 0 Å². The Kier molecular flexibility index (Phi) is 3.81. The molecule has 0 heterocycles. The summed E-state index contributed by atoms with van der Waals surface area (Å²) in [5.41, 5.74) is -0.386. The summed E-state index contributed by atoms with van der Waals surface area (Å²) in [6.07, 6.45) is 5.12. The molecular formula is C19H23ClO4. The summed E-state index contributed by atoms with van der Waals surface area (Å²) in [6, 6.07) is 5.29. The number of benzene rings is 1. The molecule has 4 saturated carbocycles. The van der Waals surface area contributed by atoms with Gasteiger partial charge in [0.25, 0.3) is 0 Å². The summed E-state index contributed by atoms with van der Waals surface area (Å²) in [4.78, 5) is 12.9. The van der Waals surface area contributed by atoms with Gasteiger partial charge in [-0.05, 0) is 68.6 Å². The first-order valence-corrected chi connectivity index (χ1v) is 9.01. The number of esters is 1. The Morgan fingerprint density at radius 2 is 2.00 bits per heavy atom. The van der Waals surface area contributed by atoms with E-state index in [-0.39, 0.29) is 12.6 Å². The average Bonchev–Trinajstić information content (AvgIpc) is 2.50. The van der Waals surface area contributed by atoms with E-state index in [1.807, 2.05) is 0 Å². The SMILES string of the molecule is COc1ccc(Cl)cc1COC(=O)C12C[C@@H]3C[C@@H](CC(O)(C3)C1)C2. The van der Waals surface area contributed by atoms with E-state index in [0.717, 1.165) is 37.7 Å². The molecule has 4 nitrogen and oxygen atoms in total. The van der Waals surface area contributed by atoms with Crippen LogP contribution in [0.2, 0.25) is 5.02 Å². The second-order valence-corrected chi connectivity index (χ2v) is 8.43. The van der Waals surface area contributed by atoms with Crippen molar-refractivity contribution in [2.75, 3.05) is 7.11 Å². The fourth-order valence-corrected chi connectivity index (χ4v) is 5.80. The van der Waals surface area contributed by atoms with Crippen molar-refractivity contribution in [3.63, 3.8) is 0 Å². The smallest absolute Gasteiger partial charge is 0.312 e. The molecule has 1 aromatic rings. The summed E-state index contributed by atoms with van der Waals surface area (Å²) in [7, 11) is 1.59. The molecule has 130 valence electrons. The molecule has 0 aromatic heterocycles. The van der Waals surface area contributed by atoms with Crippen molar-refractivity contribution in [1.29, 1.82) is 0 Å². The van der Waals surface area contributed by atoms with Gasteiger partial charge in [-0.2, -0.15) is 0 Å². The van der Waals surface area contributed by atoms with Gasteiger partial charge >= 0.3 is 5.97 Å². The molecule has 0 spiro atoms. The number of methoxy groups -OCH3 is 1. The first kappa shape index (κ1) is 16.2. The summed E-state index contributed by atoms with van der Waals surface area (Å²) in [5.74, 6) is 1.42. The quantitative estimate of drug-likeness (QED) is 0.841. The topological polar surface area (TPSA) is 55.8 Å². The van der Waals surface area contributed by atoms with Gasteiger partial charge in [0.1, 0.15) is 12.4 Å². The fraction of sp³-hybridized carbons (Fsp3) is 0.632. The predicted octanol–water partition coefficient (Wildman–Crippen LogP) is 3.72. The number of hydrogen-bond acceptors (Lipinski definition) is 4. The normalized spacial score (nSPS) is 36.6. The molecule has 5 heteroatoms. The fourth-order valence-electron chi connectivity index (χ4n) is 5.61. The third kappa shape index (κ3) is 2.70. The predicted molar refractivity (Wildman–Crippen MR) is 89.9 cm³/mol. The van der Waals surface area contributed by atoms with Crippen LogP contribution in [0, 0.1) is 17.3 Å². The van der Waals surface area contributed by atoms with Gasteiger partial charge in [-0.3, -0.25) is 4.79 Å². The number of carbonyl (C=O) groups is 1. The second-order valence-electron chi connectivity index (χ2n) is 8.00. The highest BCUT2D eigenvalue weighted by Crippen LogP contribution is 2.62. The van der Waals surface area contributed by atoms with Crippen LogP contribution in [0.1, 0.15) is 44.1 Å². The van der Waals surface area contributed by atoms with E-state index < -0.39 is 11.0 Å². The Morgan fingerprint density at radius 1 is 1.29 bits per heavy atom. The minimum atomic E-state index is -0.656. The third-order valence-electron chi connectivity index (χ3n) is 6.06. The highest BCUT2D eigenvalue weighted by atomic mass is 35.5. The van der Waals surface area contributed by atoms with Crippen LogP contribution in [0.15, 0.2) is 18.2 Å². The first-order chi connectivity index (χ1) is 11.4. The van der Waals surface area contributed by atoms with E-state index in [9.17, 15) is 9.90 Å². The van der Waals surface area contributed by atoms with Crippen LogP contribution in [0.25, 0.3) is 0 Å². The van der Waals surface area contributed by atoms with E-state index in [4.69, 9.17) is 21.1 Å². The molecular weight excluding hydrogens is 328 g/mol. The van der Waals surface area contributed by atoms with Crippen molar-refractivity contribution < 1.29 is 19.4 Å². The van der Waals surface area contributed by atoms with Crippen molar-refractivity contribution in [3.8, 4) is 5.75 Å². The Hall–Kier alpha value is -1.26. The zero-order chi connectivity index (χ0) is 16.9. The second kappa shape index (κ2) is 5.63. The van der Waals surface area contributed by atoms with Crippen LogP contribution in [-0.4, -0.2) is 23.8 Å². The van der Waals surface area contributed by atoms with E-state index in [2.05, 4.69) is 0 Å². The first-order valence-electron chi connectivity index (χ1n) is 8.63. The Labute approximate surface area is 147 Å². The lowest BCUT2D eigenvalue weighted by atomic mass is 9.48. The number of carbonyl (C=O) groups excluding carboxylic acids is 1. The maximum absolute atomic E-state index is 12.9. The highest BCUT2D eigenvalue weighted by Gasteiger charge is 2.60. The molecule has 4 fully saturated rings. The summed E-state index contributed by atoms with van der Waals surface area (Å²) in [5, 5.41) is 11.4. The van der Waals surface area contributed by atoms with Crippen LogP contribution in [0.4, 0.5) is 0 Å². The van der Waals surface area contributed by atoms with E-state index >= 15 is 0 Å². The maximum atomic E-state index is 12.9. The number of halogens is 1. The van der Waals surface area contributed by atoms with E-state index in [1.54, 1.807) is 25.3 Å². The lowest BCUT2D eigenvalue weighted by molar-refractivity contribution is -0.197. The van der Waals surface area contributed by atoms with Crippen LogP contribution in [-0.2, 0) is 16.1 Å². The van der Waals surface area contributed by atoms with Gasteiger partial charge in [0.15, 0.2) is 0 Å². The van der Waals surface area contributed by atoms with E-state index in [0.29, 0.717) is 29.0 Å². The molecule has 4 aliphatic carbocycles. The van der Waals surface area contributed by atoms with Crippen LogP contribution < -0.4 is 4.74 Å². The molecule has 4 bridgehead atoms. The number of rotatable bonds is 4. The molecule has 5 rings (SSSR count). The zero-order valence-corrected chi connectivity index (χ0v) is 14.6. The van der Waals surface area contributed by atoms with Gasteiger partial charge in [0, 0.05) is 10.6 Å². The molecule has 0 saturated heterocycles. The van der Waals surface area contributed by atoms with Gasteiger partial charge in [-0.1, -0.05) is 11.6 Å². The van der Waals surface area contributed by atoms with Gasteiger partial charge in [0.2, 0.25) is 0 Å². The Bertz CT molecular complexity index is 657. The standard InChI is InChI=1S/C19H23ClO4/c1-23-16-3-2-15(20)5-14(16)10-24-17(21)18-6-12-4-13(7-18)9-19(22,8-12)11-18/h2-3,5,12-13,22H,4,6-11H2,1H3/t12-,13+,18?,19?. The molecule has 1 aromatic carbocycles. The zero-order valence-electron chi connectivity index (χ0n) is 13.9. The number of aliphatic hydroxyl groups is 1. The molecule has 4 aliphatic rings. The Balaban J connectivity index is 1.50.